The number of H-pyrrole nitrogens is 1. The van der Waals surface area contributed by atoms with E-state index in [2.05, 4.69) is 15.5 Å². The Hall–Kier alpha value is -2.70. The highest BCUT2D eigenvalue weighted by molar-refractivity contribution is 5.98. The molecule has 0 radical (unpaired) electrons. The van der Waals surface area contributed by atoms with Gasteiger partial charge in [-0.15, -0.1) is 0 Å². The molecule has 0 fully saturated rings. The normalized spacial score (nSPS) is 10.2. The van der Waals surface area contributed by atoms with Crippen molar-refractivity contribution < 1.29 is 9.72 Å². The highest BCUT2D eigenvalue weighted by Gasteiger charge is 2.21. The number of rotatable bonds is 4. The number of nitrogens with one attached hydrogen (secondary N) is 2. The molecule has 0 spiro atoms. The first-order chi connectivity index (χ1) is 9.09. The number of para-hydroxylation sites is 1. The highest BCUT2D eigenvalue weighted by Crippen LogP contribution is 2.22. The van der Waals surface area contributed by atoms with Gasteiger partial charge >= 0.3 is 0 Å². The highest BCUT2D eigenvalue weighted by atomic mass is 16.6. The van der Waals surface area contributed by atoms with Crippen LogP contribution in [0.5, 0.6) is 0 Å². The number of aromatic nitrogens is 2. The Morgan fingerprint density at radius 1 is 1.53 bits per heavy atom. The molecule has 98 valence electrons. The largest absolute Gasteiger partial charge is 0.348 e. The molecule has 0 saturated heterocycles. The van der Waals surface area contributed by atoms with Crippen molar-refractivity contribution in [2.75, 3.05) is 0 Å². The molecule has 0 aliphatic rings. The van der Waals surface area contributed by atoms with Crippen molar-refractivity contribution in [2.24, 2.45) is 0 Å². The van der Waals surface area contributed by atoms with E-state index >= 15 is 0 Å². The van der Waals surface area contributed by atoms with E-state index in [-0.39, 0.29) is 17.8 Å². The summed E-state index contributed by atoms with van der Waals surface area (Å²) >= 11 is 0. The third-order valence-electron chi connectivity index (χ3n) is 2.67. The molecule has 1 amide bonds. The number of carbonyl (C=O) groups is 1. The lowest BCUT2D eigenvalue weighted by molar-refractivity contribution is -0.385. The smallest absolute Gasteiger partial charge is 0.285 e. The predicted molar refractivity (Wildman–Crippen MR) is 67.6 cm³/mol. The standard InChI is InChI=1S/C12H12N4O3/c1-8-3-2-4-10(11(8)16(18)19)12(17)13-5-9-6-14-15-7-9/h2-4,6-7H,5H2,1H3,(H,13,17)(H,14,15). The number of carbonyl (C=O) groups excluding carboxylic acids is 1. The van der Waals surface area contributed by atoms with Gasteiger partial charge in [0, 0.05) is 23.9 Å². The second-order valence-electron chi connectivity index (χ2n) is 4.02. The molecule has 2 rings (SSSR count). The first-order valence-corrected chi connectivity index (χ1v) is 5.59. The average molecular weight is 260 g/mol. The molecular formula is C12H12N4O3. The lowest BCUT2D eigenvalue weighted by atomic mass is 10.1. The first kappa shape index (κ1) is 12.7. The Kier molecular flexibility index (Phi) is 3.56. The maximum absolute atomic E-state index is 12.0. The predicted octanol–water partition coefficient (Wildman–Crippen LogP) is 1.56. The summed E-state index contributed by atoms with van der Waals surface area (Å²) in [5, 5.41) is 20.0. The molecule has 0 atom stereocenters. The van der Waals surface area contributed by atoms with Gasteiger partial charge in [0.2, 0.25) is 0 Å². The van der Waals surface area contributed by atoms with Crippen LogP contribution in [0, 0.1) is 17.0 Å². The van der Waals surface area contributed by atoms with Crippen molar-refractivity contribution in [1.82, 2.24) is 15.5 Å². The molecule has 2 N–H and O–H groups in total. The van der Waals surface area contributed by atoms with Crippen LogP contribution in [0.15, 0.2) is 30.6 Å². The van der Waals surface area contributed by atoms with Crippen molar-refractivity contribution >= 4 is 11.6 Å². The Morgan fingerprint density at radius 3 is 2.95 bits per heavy atom. The zero-order valence-electron chi connectivity index (χ0n) is 10.2. The van der Waals surface area contributed by atoms with E-state index in [0.29, 0.717) is 5.56 Å². The second kappa shape index (κ2) is 5.30. The van der Waals surface area contributed by atoms with E-state index in [1.165, 1.54) is 6.07 Å². The minimum absolute atomic E-state index is 0.0634. The monoisotopic (exact) mass is 260 g/mol. The molecule has 0 aliphatic heterocycles. The fourth-order valence-electron chi connectivity index (χ4n) is 1.74. The number of aromatic amines is 1. The lowest BCUT2D eigenvalue weighted by Crippen LogP contribution is -2.23. The van der Waals surface area contributed by atoms with Crippen LogP contribution >= 0.6 is 0 Å². The topological polar surface area (TPSA) is 101 Å². The molecule has 7 nitrogen and oxygen atoms in total. The van der Waals surface area contributed by atoms with Gasteiger partial charge in [0.25, 0.3) is 11.6 Å². The Balaban J connectivity index is 2.19. The minimum atomic E-state index is -0.540. The molecule has 19 heavy (non-hydrogen) atoms. The van der Waals surface area contributed by atoms with Crippen molar-refractivity contribution in [2.45, 2.75) is 13.5 Å². The van der Waals surface area contributed by atoms with E-state index in [1.54, 1.807) is 31.5 Å². The second-order valence-corrected chi connectivity index (χ2v) is 4.02. The summed E-state index contributed by atoms with van der Waals surface area (Å²) in [5.41, 5.74) is 1.16. The number of amides is 1. The first-order valence-electron chi connectivity index (χ1n) is 5.59. The Labute approximate surface area is 108 Å². The molecule has 1 aromatic carbocycles. The lowest BCUT2D eigenvalue weighted by Gasteiger charge is -2.06. The van der Waals surface area contributed by atoms with Crippen LogP contribution in [0.3, 0.4) is 0 Å². The summed E-state index contributed by atoms with van der Waals surface area (Å²) in [6.45, 7) is 1.87. The molecule has 0 bridgehead atoms. The molecule has 7 heteroatoms. The van der Waals surface area contributed by atoms with Gasteiger partial charge in [0.1, 0.15) is 5.56 Å². The van der Waals surface area contributed by atoms with E-state index in [1.807, 2.05) is 0 Å². The number of nitro groups is 1. The maximum Gasteiger partial charge on any atom is 0.285 e. The summed E-state index contributed by atoms with van der Waals surface area (Å²) in [6.07, 6.45) is 3.22. The number of hydrogen-bond donors (Lipinski definition) is 2. The van der Waals surface area contributed by atoms with Crippen LogP contribution in [0.4, 0.5) is 5.69 Å². The molecule has 0 saturated carbocycles. The Morgan fingerprint density at radius 2 is 2.32 bits per heavy atom. The quantitative estimate of drug-likeness (QED) is 0.643. The summed E-state index contributed by atoms with van der Waals surface area (Å²) in [6, 6.07) is 4.66. The molecular weight excluding hydrogens is 248 g/mol. The Bertz CT molecular complexity index is 607. The van der Waals surface area contributed by atoms with Crippen molar-refractivity contribution in [1.29, 1.82) is 0 Å². The minimum Gasteiger partial charge on any atom is -0.348 e. The van der Waals surface area contributed by atoms with Gasteiger partial charge in [-0.2, -0.15) is 5.10 Å². The van der Waals surface area contributed by atoms with E-state index in [0.717, 1.165) is 5.56 Å². The summed E-state index contributed by atoms with van der Waals surface area (Å²) < 4.78 is 0. The average Bonchev–Trinajstić information content (AvgIpc) is 2.88. The van der Waals surface area contributed by atoms with Gasteiger partial charge in [0.15, 0.2) is 0 Å². The van der Waals surface area contributed by atoms with Gasteiger partial charge in [-0.05, 0) is 13.0 Å². The molecule has 0 unspecified atom stereocenters. The van der Waals surface area contributed by atoms with E-state index < -0.39 is 10.8 Å². The summed E-state index contributed by atoms with van der Waals surface area (Å²) in [5.74, 6) is -0.475. The number of nitrogens with zero attached hydrogens (tertiary/aromatic N) is 2. The molecule has 1 aromatic heterocycles. The zero-order chi connectivity index (χ0) is 13.8. The summed E-state index contributed by atoms with van der Waals surface area (Å²) in [4.78, 5) is 22.4. The van der Waals surface area contributed by atoms with Gasteiger partial charge in [-0.3, -0.25) is 20.0 Å². The van der Waals surface area contributed by atoms with Crippen LogP contribution in [-0.2, 0) is 6.54 Å². The number of nitro benzene ring substituents is 1. The van der Waals surface area contributed by atoms with Crippen LogP contribution in [0.2, 0.25) is 0 Å². The van der Waals surface area contributed by atoms with Gasteiger partial charge < -0.3 is 5.32 Å². The van der Waals surface area contributed by atoms with Crippen molar-refractivity contribution in [3.05, 3.63) is 57.4 Å². The SMILES string of the molecule is Cc1cccc(C(=O)NCc2cn[nH]c2)c1[N+](=O)[O-]. The van der Waals surface area contributed by atoms with Crippen LogP contribution in [0.1, 0.15) is 21.5 Å². The van der Waals surface area contributed by atoms with Gasteiger partial charge in [0.05, 0.1) is 11.1 Å². The fourth-order valence-corrected chi connectivity index (χ4v) is 1.74. The number of benzene rings is 1. The molecule has 0 aliphatic carbocycles. The molecule has 2 aromatic rings. The van der Waals surface area contributed by atoms with Crippen molar-refractivity contribution in [3.8, 4) is 0 Å². The van der Waals surface area contributed by atoms with Gasteiger partial charge in [-0.25, -0.2) is 0 Å². The zero-order valence-corrected chi connectivity index (χ0v) is 10.2. The van der Waals surface area contributed by atoms with E-state index in [9.17, 15) is 14.9 Å². The number of hydrogen-bond acceptors (Lipinski definition) is 4. The fraction of sp³-hybridized carbons (Fsp3) is 0.167. The third kappa shape index (κ3) is 2.76. The van der Waals surface area contributed by atoms with Crippen LogP contribution in [-0.4, -0.2) is 21.0 Å². The van der Waals surface area contributed by atoms with E-state index in [4.69, 9.17) is 0 Å². The van der Waals surface area contributed by atoms with Gasteiger partial charge in [-0.1, -0.05) is 12.1 Å². The third-order valence-corrected chi connectivity index (χ3v) is 2.67. The summed E-state index contributed by atoms with van der Waals surface area (Å²) in [7, 11) is 0. The number of aryl methyl sites for hydroxylation is 1. The van der Waals surface area contributed by atoms with Crippen LogP contribution in [0.25, 0.3) is 0 Å². The maximum atomic E-state index is 12.0. The van der Waals surface area contributed by atoms with Crippen molar-refractivity contribution in [3.63, 3.8) is 0 Å². The van der Waals surface area contributed by atoms with Crippen LogP contribution < -0.4 is 5.32 Å². The molecule has 1 heterocycles.